The van der Waals surface area contributed by atoms with Gasteiger partial charge in [0.2, 0.25) is 0 Å². The second-order valence-electron chi connectivity index (χ2n) is 5.50. The van der Waals surface area contributed by atoms with E-state index in [0.29, 0.717) is 6.61 Å². The molecule has 0 saturated heterocycles. The Bertz CT molecular complexity index is 369. The maximum atomic E-state index is 9.63. The van der Waals surface area contributed by atoms with Crippen LogP contribution in [0.3, 0.4) is 0 Å². The van der Waals surface area contributed by atoms with Crippen molar-refractivity contribution < 1.29 is 5.11 Å². The van der Waals surface area contributed by atoms with Crippen LogP contribution in [0.2, 0.25) is 0 Å². The average Bonchev–Trinajstić information content (AvgIpc) is 2.83. The summed E-state index contributed by atoms with van der Waals surface area (Å²) in [6.07, 6.45) is 6.93. The second-order valence-corrected chi connectivity index (χ2v) is 5.50. The molecule has 1 aliphatic rings. The standard InChI is InChI=1S/C16H24O/c1-3-16(4-2,12-17)11-13-8-9-14-6-5-7-15(14)10-13/h8-10,17H,3-7,11-12H2,1-2H3. The molecular weight excluding hydrogens is 208 g/mol. The molecule has 0 spiro atoms. The molecule has 17 heavy (non-hydrogen) atoms. The van der Waals surface area contributed by atoms with E-state index in [1.165, 1.54) is 30.4 Å². The zero-order valence-corrected chi connectivity index (χ0v) is 11.1. The van der Waals surface area contributed by atoms with Gasteiger partial charge in [-0.25, -0.2) is 0 Å². The Kier molecular flexibility index (Phi) is 3.88. The number of fused-ring (bicyclic) bond motifs is 1. The van der Waals surface area contributed by atoms with Crippen LogP contribution in [0.5, 0.6) is 0 Å². The molecule has 0 aliphatic heterocycles. The summed E-state index contributed by atoms with van der Waals surface area (Å²) in [6.45, 7) is 4.68. The smallest absolute Gasteiger partial charge is 0.0490 e. The fourth-order valence-corrected chi connectivity index (χ4v) is 2.95. The molecule has 94 valence electrons. The zero-order chi connectivity index (χ0) is 12.3. The minimum atomic E-state index is 0.0901. The molecule has 0 saturated carbocycles. The predicted octanol–water partition coefficient (Wildman–Crippen LogP) is 3.52. The van der Waals surface area contributed by atoms with Crippen LogP contribution in [0, 0.1) is 5.41 Å². The van der Waals surface area contributed by atoms with Gasteiger partial charge in [-0.3, -0.25) is 0 Å². The van der Waals surface area contributed by atoms with E-state index < -0.39 is 0 Å². The van der Waals surface area contributed by atoms with Crippen LogP contribution in [-0.2, 0) is 19.3 Å². The average molecular weight is 232 g/mol. The summed E-state index contributed by atoms with van der Waals surface area (Å²) < 4.78 is 0. The van der Waals surface area contributed by atoms with E-state index in [2.05, 4.69) is 32.0 Å². The van der Waals surface area contributed by atoms with Crippen LogP contribution < -0.4 is 0 Å². The summed E-state index contributed by atoms with van der Waals surface area (Å²) in [6, 6.07) is 6.93. The Labute approximate surface area is 105 Å². The number of benzene rings is 1. The molecule has 1 N–H and O–H groups in total. The second kappa shape index (κ2) is 5.22. The third-order valence-electron chi connectivity index (χ3n) is 4.58. The lowest BCUT2D eigenvalue weighted by Crippen LogP contribution is -2.26. The fourth-order valence-electron chi connectivity index (χ4n) is 2.95. The number of hydrogen-bond donors (Lipinski definition) is 1. The molecule has 0 atom stereocenters. The van der Waals surface area contributed by atoms with Crippen molar-refractivity contribution in [3.05, 3.63) is 34.9 Å². The summed E-state index contributed by atoms with van der Waals surface area (Å²) in [5.74, 6) is 0. The Morgan fingerprint density at radius 3 is 2.47 bits per heavy atom. The first kappa shape index (κ1) is 12.6. The van der Waals surface area contributed by atoms with E-state index in [-0.39, 0.29) is 5.41 Å². The fraction of sp³-hybridized carbons (Fsp3) is 0.625. The highest BCUT2D eigenvalue weighted by atomic mass is 16.3. The summed E-state index contributed by atoms with van der Waals surface area (Å²) in [7, 11) is 0. The number of aliphatic hydroxyl groups is 1. The van der Waals surface area contributed by atoms with Crippen molar-refractivity contribution in [3.8, 4) is 0 Å². The van der Waals surface area contributed by atoms with E-state index in [9.17, 15) is 5.11 Å². The molecule has 0 heterocycles. The Morgan fingerprint density at radius 2 is 1.82 bits per heavy atom. The summed E-state index contributed by atoms with van der Waals surface area (Å²) in [4.78, 5) is 0. The van der Waals surface area contributed by atoms with Crippen molar-refractivity contribution in [3.63, 3.8) is 0 Å². The topological polar surface area (TPSA) is 20.2 Å². The first-order chi connectivity index (χ1) is 8.23. The lowest BCUT2D eigenvalue weighted by atomic mass is 9.77. The third kappa shape index (κ3) is 2.55. The molecule has 0 unspecified atom stereocenters. The summed E-state index contributed by atoms with van der Waals surface area (Å²) in [5, 5.41) is 9.63. The van der Waals surface area contributed by atoms with Crippen molar-refractivity contribution in [1.82, 2.24) is 0 Å². The largest absolute Gasteiger partial charge is 0.396 e. The minimum absolute atomic E-state index is 0.0901. The van der Waals surface area contributed by atoms with Gasteiger partial charge in [-0.05, 0) is 60.6 Å². The Morgan fingerprint density at radius 1 is 1.12 bits per heavy atom. The highest BCUT2D eigenvalue weighted by molar-refractivity contribution is 5.35. The van der Waals surface area contributed by atoms with E-state index >= 15 is 0 Å². The van der Waals surface area contributed by atoms with Crippen LogP contribution >= 0.6 is 0 Å². The van der Waals surface area contributed by atoms with Gasteiger partial charge in [-0.1, -0.05) is 32.0 Å². The van der Waals surface area contributed by atoms with Gasteiger partial charge < -0.3 is 5.11 Å². The van der Waals surface area contributed by atoms with E-state index in [1.54, 1.807) is 5.56 Å². The molecule has 2 rings (SSSR count). The first-order valence-electron chi connectivity index (χ1n) is 6.94. The quantitative estimate of drug-likeness (QED) is 0.823. The lowest BCUT2D eigenvalue weighted by Gasteiger charge is -2.29. The van der Waals surface area contributed by atoms with Gasteiger partial charge in [0.1, 0.15) is 0 Å². The normalized spacial score (nSPS) is 15.0. The van der Waals surface area contributed by atoms with Crippen LogP contribution in [0.15, 0.2) is 18.2 Å². The highest BCUT2D eigenvalue weighted by Gasteiger charge is 2.26. The van der Waals surface area contributed by atoms with E-state index in [0.717, 1.165) is 19.3 Å². The molecule has 0 radical (unpaired) electrons. The van der Waals surface area contributed by atoms with Gasteiger partial charge in [0.25, 0.3) is 0 Å². The van der Waals surface area contributed by atoms with Crippen molar-refractivity contribution in [2.75, 3.05) is 6.61 Å². The van der Waals surface area contributed by atoms with Crippen LogP contribution in [0.4, 0.5) is 0 Å². The monoisotopic (exact) mass is 232 g/mol. The molecule has 0 bridgehead atoms. The zero-order valence-electron chi connectivity index (χ0n) is 11.1. The van der Waals surface area contributed by atoms with Gasteiger partial charge in [0.15, 0.2) is 0 Å². The number of aliphatic hydroxyl groups excluding tert-OH is 1. The van der Waals surface area contributed by atoms with Gasteiger partial charge in [0.05, 0.1) is 0 Å². The molecule has 1 heteroatoms. The number of hydrogen-bond acceptors (Lipinski definition) is 1. The summed E-state index contributed by atoms with van der Waals surface area (Å²) >= 11 is 0. The maximum absolute atomic E-state index is 9.63. The van der Waals surface area contributed by atoms with Gasteiger partial charge in [-0.2, -0.15) is 0 Å². The molecule has 1 aliphatic carbocycles. The molecule has 0 fully saturated rings. The molecular formula is C16H24O. The number of rotatable bonds is 5. The maximum Gasteiger partial charge on any atom is 0.0490 e. The van der Waals surface area contributed by atoms with Crippen molar-refractivity contribution in [2.24, 2.45) is 5.41 Å². The van der Waals surface area contributed by atoms with Crippen molar-refractivity contribution >= 4 is 0 Å². The third-order valence-corrected chi connectivity index (χ3v) is 4.58. The van der Waals surface area contributed by atoms with Crippen LogP contribution in [0.1, 0.15) is 49.8 Å². The SMILES string of the molecule is CCC(CC)(CO)Cc1ccc2c(c1)CCC2. The van der Waals surface area contributed by atoms with Gasteiger partial charge in [0, 0.05) is 6.61 Å². The molecule has 0 aromatic heterocycles. The van der Waals surface area contributed by atoms with Crippen molar-refractivity contribution in [2.45, 2.75) is 52.4 Å². The van der Waals surface area contributed by atoms with Crippen molar-refractivity contribution in [1.29, 1.82) is 0 Å². The van der Waals surface area contributed by atoms with Gasteiger partial charge >= 0.3 is 0 Å². The lowest BCUT2D eigenvalue weighted by molar-refractivity contribution is 0.115. The highest BCUT2D eigenvalue weighted by Crippen LogP contribution is 2.32. The first-order valence-corrected chi connectivity index (χ1v) is 6.94. The Hall–Kier alpha value is -0.820. The number of aryl methyl sites for hydroxylation is 2. The van der Waals surface area contributed by atoms with E-state index in [4.69, 9.17) is 0 Å². The minimum Gasteiger partial charge on any atom is -0.396 e. The molecule has 1 nitrogen and oxygen atoms in total. The van der Waals surface area contributed by atoms with Crippen LogP contribution in [-0.4, -0.2) is 11.7 Å². The van der Waals surface area contributed by atoms with E-state index in [1.807, 2.05) is 0 Å². The summed E-state index contributed by atoms with van der Waals surface area (Å²) in [5.41, 5.74) is 4.58. The molecule has 0 amide bonds. The predicted molar refractivity (Wildman–Crippen MR) is 72.3 cm³/mol. The molecule has 1 aromatic rings. The van der Waals surface area contributed by atoms with Gasteiger partial charge in [-0.15, -0.1) is 0 Å². The molecule has 1 aromatic carbocycles. The Balaban J connectivity index is 2.18. The van der Waals surface area contributed by atoms with Crippen LogP contribution in [0.25, 0.3) is 0 Å².